The topological polar surface area (TPSA) is 66.4 Å². The van der Waals surface area contributed by atoms with Crippen molar-refractivity contribution in [3.63, 3.8) is 0 Å². The van der Waals surface area contributed by atoms with Gasteiger partial charge in [-0.2, -0.15) is 0 Å². The van der Waals surface area contributed by atoms with Crippen LogP contribution in [0.4, 0.5) is 5.69 Å². The average molecular weight is 298 g/mol. The Morgan fingerprint density at radius 2 is 2.12 bits per heavy atom. The summed E-state index contributed by atoms with van der Waals surface area (Å²) >= 11 is 3.25. The van der Waals surface area contributed by atoms with Crippen LogP contribution in [0.2, 0.25) is 0 Å². The Morgan fingerprint density at radius 1 is 1.41 bits per heavy atom. The molecule has 1 amide bonds. The average Bonchev–Trinajstić information content (AvgIpc) is 3.04. The molecular weight excluding hydrogens is 286 g/mol. The van der Waals surface area contributed by atoms with Crippen molar-refractivity contribution in [2.24, 2.45) is 5.92 Å². The van der Waals surface area contributed by atoms with E-state index in [1.807, 2.05) is 0 Å². The second-order valence-corrected chi connectivity index (χ2v) is 5.02. The predicted molar refractivity (Wildman–Crippen MR) is 67.1 cm³/mol. The summed E-state index contributed by atoms with van der Waals surface area (Å²) in [5, 5.41) is 11.7. The van der Waals surface area contributed by atoms with Crippen LogP contribution in [-0.2, 0) is 4.79 Å². The van der Waals surface area contributed by atoms with Gasteiger partial charge in [0.2, 0.25) is 5.91 Å². The summed E-state index contributed by atoms with van der Waals surface area (Å²) in [6, 6.07) is 4.81. The van der Waals surface area contributed by atoms with Crippen LogP contribution in [0.5, 0.6) is 0 Å². The van der Waals surface area contributed by atoms with Crippen LogP contribution in [0.3, 0.4) is 0 Å². The van der Waals surface area contributed by atoms with Crippen LogP contribution in [0.1, 0.15) is 29.6 Å². The van der Waals surface area contributed by atoms with Gasteiger partial charge in [0.1, 0.15) is 0 Å². The van der Waals surface area contributed by atoms with E-state index < -0.39 is 5.97 Å². The number of rotatable bonds is 4. The highest BCUT2D eigenvalue weighted by molar-refractivity contribution is 9.10. The lowest BCUT2D eigenvalue weighted by Gasteiger charge is -2.10. The Balaban J connectivity index is 2.17. The number of benzene rings is 1. The molecule has 1 fully saturated rings. The van der Waals surface area contributed by atoms with Gasteiger partial charge in [-0.3, -0.25) is 4.79 Å². The maximum absolute atomic E-state index is 11.7. The molecule has 0 aromatic heterocycles. The Bertz CT molecular complexity index is 469. The molecule has 0 saturated heterocycles. The Labute approximate surface area is 107 Å². The second-order valence-electron chi connectivity index (χ2n) is 4.16. The predicted octanol–water partition coefficient (Wildman–Crippen LogP) is 2.89. The van der Waals surface area contributed by atoms with Gasteiger partial charge in [0.15, 0.2) is 0 Å². The van der Waals surface area contributed by atoms with Crippen molar-refractivity contribution in [3.8, 4) is 0 Å². The fourth-order valence-corrected chi connectivity index (χ4v) is 2.07. The number of carbonyl (C=O) groups excluding carboxylic acids is 1. The van der Waals surface area contributed by atoms with Crippen molar-refractivity contribution in [3.05, 3.63) is 28.2 Å². The van der Waals surface area contributed by atoms with Gasteiger partial charge in [0.25, 0.3) is 0 Å². The van der Waals surface area contributed by atoms with E-state index in [0.717, 1.165) is 12.8 Å². The smallest absolute Gasteiger partial charge is 0.337 e. The standard InChI is InChI=1S/C12H12BrNO3/c13-9-3-1-2-8(12(16)17)11(9)14-10(15)6-7-4-5-7/h1-3,7H,4-6H2,(H,14,15)(H,16,17). The second kappa shape index (κ2) is 4.87. The van der Waals surface area contributed by atoms with E-state index in [-0.39, 0.29) is 11.5 Å². The first-order valence-electron chi connectivity index (χ1n) is 5.39. The van der Waals surface area contributed by atoms with E-state index in [2.05, 4.69) is 21.2 Å². The normalized spacial score (nSPS) is 14.4. The highest BCUT2D eigenvalue weighted by Gasteiger charge is 2.25. The number of carboxylic acids is 1. The van der Waals surface area contributed by atoms with Gasteiger partial charge in [-0.05, 0) is 46.8 Å². The largest absolute Gasteiger partial charge is 0.478 e. The minimum absolute atomic E-state index is 0.100. The SMILES string of the molecule is O=C(CC1CC1)Nc1c(Br)cccc1C(=O)O. The van der Waals surface area contributed by atoms with Gasteiger partial charge >= 0.3 is 5.97 Å². The van der Waals surface area contributed by atoms with Crippen LogP contribution in [-0.4, -0.2) is 17.0 Å². The number of para-hydroxylation sites is 1. The molecule has 2 rings (SSSR count). The number of carboxylic acid groups (broad SMARTS) is 1. The van der Waals surface area contributed by atoms with Crippen molar-refractivity contribution in [1.29, 1.82) is 0 Å². The summed E-state index contributed by atoms with van der Waals surface area (Å²) in [6.45, 7) is 0. The summed E-state index contributed by atoms with van der Waals surface area (Å²) in [5.74, 6) is -0.694. The molecule has 1 saturated carbocycles. The molecule has 0 heterocycles. The van der Waals surface area contributed by atoms with Crippen LogP contribution < -0.4 is 5.32 Å². The van der Waals surface area contributed by atoms with E-state index in [1.165, 1.54) is 6.07 Å². The number of nitrogens with one attached hydrogen (secondary N) is 1. The zero-order valence-corrected chi connectivity index (χ0v) is 10.7. The van der Waals surface area contributed by atoms with Gasteiger partial charge in [0, 0.05) is 10.9 Å². The van der Waals surface area contributed by atoms with E-state index in [4.69, 9.17) is 5.11 Å². The number of hydrogen-bond acceptors (Lipinski definition) is 2. The van der Waals surface area contributed by atoms with Crippen LogP contribution in [0.15, 0.2) is 22.7 Å². The first-order chi connectivity index (χ1) is 8.08. The first-order valence-corrected chi connectivity index (χ1v) is 6.19. The molecule has 0 spiro atoms. The van der Waals surface area contributed by atoms with E-state index >= 15 is 0 Å². The lowest BCUT2D eigenvalue weighted by Crippen LogP contribution is -2.15. The van der Waals surface area contributed by atoms with Crippen LogP contribution in [0, 0.1) is 5.92 Å². The van der Waals surface area contributed by atoms with Crippen molar-refractivity contribution in [1.82, 2.24) is 0 Å². The van der Waals surface area contributed by atoms with Crippen molar-refractivity contribution < 1.29 is 14.7 Å². The molecule has 0 bridgehead atoms. The van der Waals surface area contributed by atoms with E-state index in [1.54, 1.807) is 12.1 Å². The van der Waals surface area contributed by atoms with Crippen molar-refractivity contribution >= 4 is 33.5 Å². The number of carbonyl (C=O) groups is 2. The fourth-order valence-electron chi connectivity index (χ4n) is 1.60. The van der Waals surface area contributed by atoms with Gasteiger partial charge < -0.3 is 10.4 Å². The molecule has 1 aliphatic carbocycles. The third-order valence-electron chi connectivity index (χ3n) is 2.68. The molecule has 90 valence electrons. The Hall–Kier alpha value is -1.36. The maximum atomic E-state index is 11.7. The fraction of sp³-hybridized carbons (Fsp3) is 0.333. The summed E-state index contributed by atoms with van der Waals surface area (Å²) in [4.78, 5) is 22.7. The molecule has 0 radical (unpaired) electrons. The van der Waals surface area contributed by atoms with Gasteiger partial charge in [-0.1, -0.05) is 6.07 Å². The molecule has 0 aliphatic heterocycles. The molecule has 0 unspecified atom stereocenters. The van der Waals surface area contributed by atoms with Crippen molar-refractivity contribution in [2.75, 3.05) is 5.32 Å². The first kappa shape index (κ1) is 12.1. The quantitative estimate of drug-likeness (QED) is 0.898. The third-order valence-corrected chi connectivity index (χ3v) is 3.34. The highest BCUT2D eigenvalue weighted by Crippen LogP contribution is 2.33. The molecule has 0 atom stereocenters. The van der Waals surface area contributed by atoms with Crippen LogP contribution in [0.25, 0.3) is 0 Å². The van der Waals surface area contributed by atoms with E-state index in [9.17, 15) is 9.59 Å². The zero-order valence-electron chi connectivity index (χ0n) is 9.07. The number of amides is 1. The Morgan fingerprint density at radius 3 is 2.71 bits per heavy atom. The monoisotopic (exact) mass is 297 g/mol. The molecule has 17 heavy (non-hydrogen) atoms. The lowest BCUT2D eigenvalue weighted by molar-refractivity contribution is -0.116. The Kier molecular flexibility index (Phi) is 3.47. The molecular formula is C12H12BrNO3. The minimum atomic E-state index is -1.05. The molecule has 1 aromatic rings. The van der Waals surface area contributed by atoms with E-state index in [0.29, 0.717) is 22.5 Å². The van der Waals surface area contributed by atoms with Crippen LogP contribution >= 0.6 is 15.9 Å². The molecule has 2 N–H and O–H groups in total. The molecule has 5 heteroatoms. The summed E-state index contributed by atoms with van der Waals surface area (Å²) < 4.78 is 0.585. The van der Waals surface area contributed by atoms with Crippen molar-refractivity contribution in [2.45, 2.75) is 19.3 Å². The van der Waals surface area contributed by atoms with Gasteiger partial charge in [0.05, 0.1) is 11.3 Å². The summed E-state index contributed by atoms with van der Waals surface area (Å²) in [6.07, 6.45) is 2.66. The number of hydrogen-bond donors (Lipinski definition) is 2. The highest BCUT2D eigenvalue weighted by atomic mass is 79.9. The van der Waals surface area contributed by atoms with Gasteiger partial charge in [-0.15, -0.1) is 0 Å². The maximum Gasteiger partial charge on any atom is 0.337 e. The number of halogens is 1. The lowest BCUT2D eigenvalue weighted by atomic mass is 10.1. The molecule has 4 nitrogen and oxygen atoms in total. The molecule has 1 aliphatic rings. The number of aromatic carboxylic acids is 1. The summed E-state index contributed by atoms with van der Waals surface area (Å²) in [7, 11) is 0. The minimum Gasteiger partial charge on any atom is -0.478 e. The molecule has 1 aromatic carbocycles. The summed E-state index contributed by atoms with van der Waals surface area (Å²) in [5.41, 5.74) is 0.439. The number of anilines is 1. The zero-order chi connectivity index (χ0) is 12.4. The van der Waals surface area contributed by atoms with Gasteiger partial charge in [-0.25, -0.2) is 4.79 Å². The third kappa shape index (κ3) is 3.06.